The van der Waals surface area contributed by atoms with Crippen LogP contribution >= 0.6 is 0 Å². The van der Waals surface area contributed by atoms with Gasteiger partial charge >= 0.3 is 0 Å². The van der Waals surface area contributed by atoms with E-state index in [9.17, 15) is 4.79 Å². The van der Waals surface area contributed by atoms with Crippen molar-refractivity contribution in [1.82, 2.24) is 4.90 Å². The third-order valence-corrected chi connectivity index (χ3v) is 8.22. The second kappa shape index (κ2) is 5.79. The van der Waals surface area contributed by atoms with Gasteiger partial charge in [-0.05, 0) is 36.9 Å². The minimum absolute atomic E-state index is 0.104. The fourth-order valence-electron chi connectivity index (χ4n) is 7.51. The standard InChI is InChI=1S/C21H22N2O2.HNO3/c24-18-10-16-19-13-9-17-21(6-7-22(17)11-12(13)5-8-25-16)14-3-1-2-4-15(14)23(18)20(19)21;2-1(3)4/h1-5,13,16-17,19-20H,6-11H2;(H,2,3,4)/t13-,16-,17-,19-,20-,21+;/m0./s1. The molecule has 1 aliphatic carbocycles. The zero-order valence-electron chi connectivity index (χ0n) is 15.9. The SMILES string of the molecule is O=C1C[C@@H]2OCC=C3CN4CC[C@]56c7ccccc7N1[C@H]5[C@H]2[C@H]3C[C@H]46.O=[N+]([O-])O. The molecule has 29 heavy (non-hydrogen) atoms. The van der Waals surface area contributed by atoms with Crippen LogP contribution in [0.1, 0.15) is 24.8 Å². The van der Waals surface area contributed by atoms with Crippen molar-refractivity contribution in [2.24, 2.45) is 11.8 Å². The van der Waals surface area contributed by atoms with Crippen molar-refractivity contribution in [2.75, 3.05) is 24.6 Å². The Morgan fingerprint density at radius 1 is 1.31 bits per heavy atom. The molecule has 8 heteroatoms. The summed E-state index contributed by atoms with van der Waals surface area (Å²) in [5.74, 6) is 1.35. The van der Waals surface area contributed by atoms with Crippen molar-refractivity contribution in [3.05, 3.63) is 51.6 Å². The van der Waals surface area contributed by atoms with Gasteiger partial charge in [0.25, 0.3) is 5.09 Å². The summed E-state index contributed by atoms with van der Waals surface area (Å²) in [4.78, 5) is 26.4. The van der Waals surface area contributed by atoms with E-state index in [1.165, 1.54) is 30.6 Å². The fraction of sp³-hybridized carbons (Fsp3) is 0.571. The maximum Gasteiger partial charge on any atom is 0.291 e. The number of anilines is 1. The second-order valence-corrected chi connectivity index (χ2v) is 9.01. The summed E-state index contributed by atoms with van der Waals surface area (Å²) in [6.45, 7) is 2.97. The smallest absolute Gasteiger partial charge is 0.291 e. The van der Waals surface area contributed by atoms with Crippen LogP contribution in [0.15, 0.2) is 35.9 Å². The number of carbonyl (C=O) groups is 1. The molecule has 7 rings (SSSR count). The van der Waals surface area contributed by atoms with Gasteiger partial charge in [0.1, 0.15) is 0 Å². The molecule has 4 fully saturated rings. The quantitative estimate of drug-likeness (QED) is 0.407. The summed E-state index contributed by atoms with van der Waals surface area (Å²) in [5, 5.41) is 13.6. The van der Waals surface area contributed by atoms with E-state index in [0.29, 0.717) is 36.9 Å². The van der Waals surface area contributed by atoms with Crippen LogP contribution in [0.5, 0.6) is 0 Å². The molecular formula is C21H23N3O5. The molecule has 0 radical (unpaired) electrons. The van der Waals surface area contributed by atoms with Crippen molar-refractivity contribution < 1.29 is 19.8 Å². The van der Waals surface area contributed by atoms with E-state index in [4.69, 9.17) is 20.1 Å². The molecule has 3 saturated heterocycles. The van der Waals surface area contributed by atoms with E-state index >= 15 is 0 Å². The molecule has 1 aromatic rings. The number of hydrogen-bond acceptors (Lipinski definition) is 5. The molecule has 5 aliphatic heterocycles. The van der Waals surface area contributed by atoms with Crippen LogP contribution in [0, 0.1) is 22.0 Å². The largest absolute Gasteiger partial charge is 0.373 e. The summed E-state index contributed by atoms with van der Waals surface area (Å²) in [6.07, 6.45) is 5.43. The number of piperidine rings is 2. The molecule has 8 nitrogen and oxygen atoms in total. The van der Waals surface area contributed by atoms with E-state index in [0.717, 1.165) is 6.54 Å². The van der Waals surface area contributed by atoms with Crippen LogP contribution in [0.25, 0.3) is 0 Å². The second-order valence-electron chi connectivity index (χ2n) is 9.01. The minimum atomic E-state index is -1.50. The van der Waals surface area contributed by atoms with Gasteiger partial charge in [-0.1, -0.05) is 29.8 Å². The lowest BCUT2D eigenvalue weighted by Gasteiger charge is -2.58. The fourth-order valence-corrected chi connectivity index (χ4v) is 7.51. The lowest BCUT2D eigenvalue weighted by atomic mass is 9.53. The first-order valence-electron chi connectivity index (χ1n) is 10.3. The Kier molecular flexibility index (Phi) is 3.48. The summed E-state index contributed by atoms with van der Waals surface area (Å²) in [7, 11) is 0. The number of benzene rings is 1. The third-order valence-electron chi connectivity index (χ3n) is 8.22. The van der Waals surface area contributed by atoms with Crippen molar-refractivity contribution >= 4 is 11.6 Å². The highest BCUT2D eigenvalue weighted by Gasteiger charge is 2.70. The molecule has 6 atom stereocenters. The van der Waals surface area contributed by atoms with Gasteiger partial charge in [0.15, 0.2) is 0 Å². The first kappa shape index (κ1) is 17.4. The Bertz CT molecular complexity index is 944. The van der Waals surface area contributed by atoms with E-state index in [2.05, 4.69) is 40.1 Å². The zero-order valence-corrected chi connectivity index (χ0v) is 15.9. The lowest BCUT2D eigenvalue weighted by Crippen LogP contribution is -2.69. The van der Waals surface area contributed by atoms with Crippen molar-refractivity contribution in [2.45, 2.75) is 42.9 Å². The normalized spacial score (nSPS) is 40.4. The van der Waals surface area contributed by atoms with Crippen LogP contribution in [-0.2, 0) is 14.9 Å². The zero-order chi connectivity index (χ0) is 19.9. The van der Waals surface area contributed by atoms with E-state index in [1.807, 2.05) is 0 Å². The number of rotatable bonds is 0. The molecule has 1 amide bonds. The van der Waals surface area contributed by atoms with Gasteiger partial charge < -0.3 is 14.8 Å². The Balaban J connectivity index is 0.000000382. The molecule has 152 valence electrons. The maximum atomic E-state index is 13.2. The number of amides is 1. The van der Waals surface area contributed by atoms with Gasteiger partial charge in [-0.15, -0.1) is 10.1 Å². The van der Waals surface area contributed by atoms with Crippen LogP contribution < -0.4 is 4.90 Å². The lowest BCUT2D eigenvalue weighted by molar-refractivity contribution is -0.742. The highest BCUT2D eigenvalue weighted by Crippen LogP contribution is 2.65. The van der Waals surface area contributed by atoms with Gasteiger partial charge in [-0.3, -0.25) is 9.69 Å². The molecule has 0 aromatic heterocycles. The van der Waals surface area contributed by atoms with Crippen LogP contribution in [0.2, 0.25) is 0 Å². The Hall–Kier alpha value is -2.45. The molecule has 1 N–H and O–H groups in total. The topological polar surface area (TPSA) is 96.2 Å². The number of ether oxygens (including phenoxy) is 1. The number of carbonyl (C=O) groups excluding carboxylic acids is 1. The summed E-state index contributed by atoms with van der Waals surface area (Å²) < 4.78 is 6.25. The molecule has 2 bridgehead atoms. The monoisotopic (exact) mass is 397 g/mol. The van der Waals surface area contributed by atoms with Gasteiger partial charge in [0.05, 0.1) is 25.2 Å². The first-order chi connectivity index (χ1) is 14.0. The minimum Gasteiger partial charge on any atom is -0.373 e. The molecule has 0 unspecified atom stereocenters. The number of hydrogen-bond donors (Lipinski definition) is 1. The highest BCUT2D eigenvalue weighted by molar-refractivity contribution is 5.99. The van der Waals surface area contributed by atoms with E-state index in [-0.39, 0.29) is 17.4 Å². The number of nitrogens with zero attached hydrogens (tertiary/aromatic N) is 3. The Morgan fingerprint density at radius 2 is 2.10 bits per heavy atom. The number of fused-ring (bicyclic) bond motifs is 2. The van der Waals surface area contributed by atoms with Crippen molar-refractivity contribution in [3.63, 3.8) is 0 Å². The predicted octanol–water partition coefficient (Wildman–Crippen LogP) is 1.74. The molecule has 6 aliphatic rings. The summed E-state index contributed by atoms with van der Waals surface area (Å²) >= 11 is 0. The average molecular weight is 397 g/mol. The van der Waals surface area contributed by atoms with Gasteiger partial charge in [-0.2, -0.15) is 0 Å². The van der Waals surface area contributed by atoms with E-state index in [1.54, 1.807) is 5.57 Å². The van der Waals surface area contributed by atoms with E-state index < -0.39 is 5.09 Å². The van der Waals surface area contributed by atoms with Gasteiger partial charge in [-0.25, -0.2) is 0 Å². The van der Waals surface area contributed by atoms with Crippen molar-refractivity contribution in [3.8, 4) is 0 Å². The summed E-state index contributed by atoms with van der Waals surface area (Å²) in [5.41, 5.74) is 4.35. The molecule has 1 aromatic carbocycles. The van der Waals surface area contributed by atoms with Crippen LogP contribution in [0.4, 0.5) is 5.69 Å². The van der Waals surface area contributed by atoms with Crippen molar-refractivity contribution in [1.29, 1.82) is 0 Å². The van der Waals surface area contributed by atoms with Gasteiger partial charge in [0.2, 0.25) is 5.91 Å². The summed E-state index contributed by atoms with van der Waals surface area (Å²) in [6, 6.07) is 9.64. The predicted molar refractivity (Wildman–Crippen MR) is 102 cm³/mol. The van der Waals surface area contributed by atoms with Gasteiger partial charge in [0, 0.05) is 29.6 Å². The first-order valence-corrected chi connectivity index (χ1v) is 10.3. The van der Waals surface area contributed by atoms with Crippen LogP contribution in [-0.4, -0.2) is 59.0 Å². The number of para-hydroxylation sites is 1. The third kappa shape index (κ3) is 2.08. The molecule has 5 heterocycles. The average Bonchev–Trinajstić information content (AvgIpc) is 3.15. The molecule has 1 saturated carbocycles. The molecule has 1 spiro atoms. The molecular weight excluding hydrogens is 374 g/mol. The van der Waals surface area contributed by atoms with Crippen LogP contribution in [0.3, 0.4) is 0 Å². The Morgan fingerprint density at radius 3 is 2.93 bits per heavy atom. The maximum absolute atomic E-state index is 13.2. The Labute approximate surface area is 167 Å². The highest BCUT2D eigenvalue weighted by atomic mass is 16.9.